The Hall–Kier alpha value is -0.770. The highest BCUT2D eigenvalue weighted by Gasteiger charge is 2.45. The molecule has 104 valence electrons. The third-order valence-electron chi connectivity index (χ3n) is 4.39. The van der Waals surface area contributed by atoms with Crippen molar-refractivity contribution in [3.63, 3.8) is 0 Å². The molecule has 0 radical (unpaired) electrons. The highest BCUT2D eigenvalue weighted by Crippen LogP contribution is 2.50. The molecule has 2 fully saturated rings. The monoisotopic (exact) mass is 253 g/mol. The molecule has 1 saturated carbocycles. The van der Waals surface area contributed by atoms with Crippen molar-refractivity contribution >= 4 is 5.96 Å². The number of nitrogens with one attached hydrogen (secondary N) is 2. The summed E-state index contributed by atoms with van der Waals surface area (Å²) in [4.78, 5) is 4.27. The van der Waals surface area contributed by atoms with E-state index in [1.807, 2.05) is 7.05 Å². The predicted octanol–water partition coefficient (Wildman–Crippen LogP) is 1.77. The van der Waals surface area contributed by atoms with Crippen molar-refractivity contribution in [2.24, 2.45) is 16.3 Å². The number of rotatable bonds is 4. The minimum Gasteiger partial charge on any atom is -0.373 e. The lowest BCUT2D eigenvalue weighted by atomic mass is 10.0. The first-order valence-electron chi connectivity index (χ1n) is 7.04. The van der Waals surface area contributed by atoms with Gasteiger partial charge >= 0.3 is 0 Å². The maximum atomic E-state index is 5.76. The van der Waals surface area contributed by atoms with Gasteiger partial charge in [-0.05, 0) is 37.5 Å². The maximum Gasteiger partial charge on any atom is 0.191 e. The van der Waals surface area contributed by atoms with Crippen molar-refractivity contribution in [1.29, 1.82) is 0 Å². The predicted molar refractivity (Wildman–Crippen MR) is 74.8 cm³/mol. The first-order chi connectivity index (χ1) is 8.45. The Kier molecular flexibility index (Phi) is 3.85. The van der Waals surface area contributed by atoms with Gasteiger partial charge in [-0.25, -0.2) is 0 Å². The van der Waals surface area contributed by atoms with Crippen molar-refractivity contribution < 1.29 is 4.74 Å². The average Bonchev–Trinajstić information content (AvgIpc) is 2.73. The molecule has 1 aliphatic heterocycles. The second-order valence-corrected chi connectivity index (χ2v) is 6.60. The van der Waals surface area contributed by atoms with Crippen LogP contribution in [0.5, 0.6) is 0 Å². The fourth-order valence-corrected chi connectivity index (χ4v) is 2.61. The molecule has 2 rings (SSSR count). The lowest BCUT2D eigenvalue weighted by Crippen LogP contribution is -2.46. The summed E-state index contributed by atoms with van der Waals surface area (Å²) in [7, 11) is 1.82. The number of hydrogen-bond acceptors (Lipinski definition) is 2. The van der Waals surface area contributed by atoms with Gasteiger partial charge in [-0.1, -0.05) is 13.8 Å². The minimum atomic E-state index is -0.0174. The number of aliphatic imine (C=N–C) groups is 1. The zero-order valence-corrected chi connectivity index (χ0v) is 12.2. The van der Waals surface area contributed by atoms with Crippen LogP contribution < -0.4 is 10.6 Å². The molecule has 0 aromatic rings. The standard InChI is InChI=1S/C14H27N3O/c1-13(2)8-11(13)9-16-12(15-4)17-10-14(3)6-5-7-18-14/h11H,5-10H2,1-4H3,(H2,15,16,17). The van der Waals surface area contributed by atoms with E-state index in [0.717, 1.165) is 38.0 Å². The fraction of sp³-hybridized carbons (Fsp3) is 0.929. The van der Waals surface area contributed by atoms with Crippen LogP contribution in [0.25, 0.3) is 0 Å². The lowest BCUT2D eigenvalue weighted by molar-refractivity contribution is 0.0243. The molecule has 1 heterocycles. The maximum absolute atomic E-state index is 5.76. The Balaban J connectivity index is 1.70. The molecule has 1 aliphatic carbocycles. The van der Waals surface area contributed by atoms with Crippen LogP contribution in [0.2, 0.25) is 0 Å². The minimum absolute atomic E-state index is 0.0174. The Bertz CT molecular complexity index is 319. The van der Waals surface area contributed by atoms with Gasteiger partial charge in [0, 0.05) is 26.7 Å². The molecule has 0 aromatic carbocycles. The molecular formula is C14H27N3O. The zero-order chi connectivity index (χ0) is 13.2. The van der Waals surface area contributed by atoms with Crippen LogP contribution in [0, 0.1) is 11.3 Å². The van der Waals surface area contributed by atoms with Gasteiger partial charge in [0.25, 0.3) is 0 Å². The number of hydrogen-bond donors (Lipinski definition) is 2. The summed E-state index contributed by atoms with van der Waals surface area (Å²) < 4.78 is 5.76. The normalized spacial score (nSPS) is 34.4. The van der Waals surface area contributed by atoms with Gasteiger partial charge in [0.15, 0.2) is 5.96 Å². The quantitative estimate of drug-likeness (QED) is 0.593. The van der Waals surface area contributed by atoms with Gasteiger partial charge in [-0.15, -0.1) is 0 Å². The van der Waals surface area contributed by atoms with Gasteiger partial charge < -0.3 is 15.4 Å². The molecule has 0 amide bonds. The molecule has 0 aromatic heterocycles. The van der Waals surface area contributed by atoms with Crippen LogP contribution in [-0.4, -0.2) is 38.3 Å². The summed E-state index contributed by atoms with van der Waals surface area (Å²) in [6, 6.07) is 0. The molecule has 0 bridgehead atoms. The van der Waals surface area contributed by atoms with Crippen LogP contribution in [0.3, 0.4) is 0 Å². The molecule has 18 heavy (non-hydrogen) atoms. The molecule has 2 atom stereocenters. The summed E-state index contributed by atoms with van der Waals surface area (Å²) in [6.45, 7) is 9.56. The zero-order valence-electron chi connectivity index (χ0n) is 12.2. The highest BCUT2D eigenvalue weighted by molar-refractivity contribution is 5.79. The van der Waals surface area contributed by atoms with Crippen molar-refractivity contribution in [3.05, 3.63) is 0 Å². The van der Waals surface area contributed by atoms with Crippen LogP contribution in [0.1, 0.15) is 40.0 Å². The van der Waals surface area contributed by atoms with Gasteiger partial charge in [0.1, 0.15) is 0 Å². The van der Waals surface area contributed by atoms with Gasteiger partial charge in [0.2, 0.25) is 0 Å². The molecule has 2 unspecified atom stereocenters. The first-order valence-corrected chi connectivity index (χ1v) is 7.04. The van der Waals surface area contributed by atoms with E-state index in [-0.39, 0.29) is 5.60 Å². The van der Waals surface area contributed by atoms with Gasteiger partial charge in [-0.3, -0.25) is 4.99 Å². The summed E-state index contributed by atoms with van der Waals surface area (Å²) in [6.07, 6.45) is 3.62. The largest absolute Gasteiger partial charge is 0.373 e. The van der Waals surface area contributed by atoms with E-state index in [2.05, 4.69) is 36.4 Å². The van der Waals surface area contributed by atoms with Gasteiger partial charge in [-0.2, -0.15) is 0 Å². The van der Waals surface area contributed by atoms with Crippen molar-refractivity contribution in [1.82, 2.24) is 10.6 Å². The molecule has 2 aliphatic rings. The Labute approximate surface area is 111 Å². The van der Waals surface area contributed by atoms with E-state index in [1.54, 1.807) is 0 Å². The second-order valence-electron chi connectivity index (χ2n) is 6.60. The van der Waals surface area contributed by atoms with Crippen LogP contribution >= 0.6 is 0 Å². The van der Waals surface area contributed by atoms with Crippen molar-refractivity contribution in [2.75, 3.05) is 26.7 Å². The molecule has 4 heteroatoms. The van der Waals surface area contributed by atoms with E-state index >= 15 is 0 Å². The Morgan fingerprint density at radius 2 is 2.06 bits per heavy atom. The number of nitrogens with zero attached hydrogens (tertiary/aromatic N) is 1. The summed E-state index contributed by atoms with van der Waals surface area (Å²) >= 11 is 0. The van der Waals surface area contributed by atoms with E-state index in [0.29, 0.717) is 5.41 Å². The van der Waals surface area contributed by atoms with E-state index in [4.69, 9.17) is 4.74 Å². The molecule has 1 saturated heterocycles. The van der Waals surface area contributed by atoms with E-state index in [1.165, 1.54) is 12.8 Å². The van der Waals surface area contributed by atoms with E-state index < -0.39 is 0 Å². The molecule has 2 N–H and O–H groups in total. The van der Waals surface area contributed by atoms with Crippen LogP contribution in [-0.2, 0) is 4.74 Å². The van der Waals surface area contributed by atoms with Crippen molar-refractivity contribution in [3.8, 4) is 0 Å². The average molecular weight is 253 g/mol. The van der Waals surface area contributed by atoms with Crippen molar-refractivity contribution in [2.45, 2.75) is 45.6 Å². The molecule has 0 spiro atoms. The van der Waals surface area contributed by atoms with Crippen LogP contribution in [0.4, 0.5) is 0 Å². The molecule has 4 nitrogen and oxygen atoms in total. The third kappa shape index (κ3) is 3.37. The summed E-state index contributed by atoms with van der Waals surface area (Å²) in [5.41, 5.74) is 0.503. The summed E-state index contributed by atoms with van der Waals surface area (Å²) in [5.74, 6) is 1.68. The lowest BCUT2D eigenvalue weighted by Gasteiger charge is -2.24. The fourth-order valence-electron chi connectivity index (χ4n) is 2.61. The smallest absolute Gasteiger partial charge is 0.191 e. The summed E-state index contributed by atoms with van der Waals surface area (Å²) in [5, 5.41) is 6.79. The first kappa shape index (κ1) is 13.7. The SMILES string of the molecule is CN=C(NCC1CC1(C)C)NCC1(C)CCCO1. The third-order valence-corrected chi connectivity index (χ3v) is 4.39. The highest BCUT2D eigenvalue weighted by atomic mass is 16.5. The number of guanidine groups is 1. The van der Waals surface area contributed by atoms with E-state index in [9.17, 15) is 0 Å². The topological polar surface area (TPSA) is 45.7 Å². The number of ether oxygens (including phenoxy) is 1. The Morgan fingerprint density at radius 1 is 1.33 bits per heavy atom. The molecular weight excluding hydrogens is 226 g/mol. The second kappa shape index (κ2) is 5.08. The Morgan fingerprint density at radius 3 is 2.56 bits per heavy atom. The van der Waals surface area contributed by atoms with Gasteiger partial charge in [0.05, 0.1) is 5.60 Å². The van der Waals surface area contributed by atoms with Crippen LogP contribution in [0.15, 0.2) is 4.99 Å².